The molecule has 4 nitrogen and oxygen atoms in total. The Kier molecular flexibility index (Phi) is 4.29. The lowest BCUT2D eigenvalue weighted by Crippen LogP contribution is -2.30. The van der Waals surface area contributed by atoms with Crippen molar-refractivity contribution in [1.29, 1.82) is 0 Å². The van der Waals surface area contributed by atoms with Crippen LogP contribution in [0, 0.1) is 0 Å². The summed E-state index contributed by atoms with van der Waals surface area (Å²) >= 11 is 1.29. The summed E-state index contributed by atoms with van der Waals surface area (Å²) in [7, 11) is 0. The zero-order valence-corrected chi connectivity index (χ0v) is 11.1. The van der Waals surface area contributed by atoms with E-state index in [1.54, 1.807) is 4.90 Å². The third-order valence-electron chi connectivity index (χ3n) is 2.46. The first-order valence-corrected chi connectivity index (χ1v) is 6.38. The van der Waals surface area contributed by atoms with Gasteiger partial charge in [-0.2, -0.15) is 0 Å². The van der Waals surface area contributed by atoms with Crippen molar-refractivity contribution in [2.24, 2.45) is 0 Å². The molecule has 0 unspecified atom stereocenters. The predicted octanol–water partition coefficient (Wildman–Crippen LogP) is 2.33. The molecule has 1 rings (SSSR count). The van der Waals surface area contributed by atoms with Gasteiger partial charge in [0.25, 0.3) is 5.91 Å². The molecule has 0 saturated heterocycles. The molecule has 1 aromatic rings. The number of thiazole rings is 1. The Morgan fingerprint density at radius 2 is 2.00 bits per heavy atom. The Balaban J connectivity index is 3.07. The second kappa shape index (κ2) is 5.30. The molecule has 1 amide bonds. The first kappa shape index (κ1) is 13.0. The SMILES string of the molecule is CCN(CC)C(=O)c1sc(N)nc1C(C)C. The predicted molar refractivity (Wildman–Crippen MR) is 67.9 cm³/mol. The Morgan fingerprint density at radius 1 is 1.44 bits per heavy atom. The molecule has 0 aliphatic rings. The average Bonchev–Trinajstić information content (AvgIpc) is 2.62. The van der Waals surface area contributed by atoms with E-state index in [1.165, 1.54) is 11.3 Å². The maximum atomic E-state index is 12.2. The smallest absolute Gasteiger partial charge is 0.265 e. The highest BCUT2D eigenvalue weighted by molar-refractivity contribution is 7.17. The summed E-state index contributed by atoms with van der Waals surface area (Å²) in [4.78, 5) is 18.9. The first-order valence-electron chi connectivity index (χ1n) is 5.56. The van der Waals surface area contributed by atoms with Crippen LogP contribution in [0.5, 0.6) is 0 Å². The molecule has 5 heteroatoms. The van der Waals surface area contributed by atoms with Gasteiger partial charge in [0.15, 0.2) is 5.13 Å². The number of carbonyl (C=O) groups is 1. The number of nitrogens with zero attached hydrogens (tertiary/aromatic N) is 2. The third-order valence-corrected chi connectivity index (χ3v) is 3.35. The van der Waals surface area contributed by atoms with Crippen molar-refractivity contribution in [3.8, 4) is 0 Å². The highest BCUT2D eigenvalue weighted by Gasteiger charge is 2.22. The third kappa shape index (κ3) is 2.52. The molecule has 2 N–H and O–H groups in total. The summed E-state index contributed by atoms with van der Waals surface area (Å²) in [6.07, 6.45) is 0. The van der Waals surface area contributed by atoms with Crippen molar-refractivity contribution >= 4 is 22.4 Å². The first-order chi connectivity index (χ1) is 7.51. The van der Waals surface area contributed by atoms with Crippen LogP contribution in [0.25, 0.3) is 0 Å². The van der Waals surface area contributed by atoms with E-state index in [2.05, 4.69) is 4.98 Å². The van der Waals surface area contributed by atoms with Crippen molar-refractivity contribution in [1.82, 2.24) is 9.88 Å². The molecular weight excluding hydrogens is 222 g/mol. The maximum Gasteiger partial charge on any atom is 0.265 e. The average molecular weight is 241 g/mol. The molecule has 0 aromatic carbocycles. The number of aromatic nitrogens is 1. The molecular formula is C11H19N3OS. The lowest BCUT2D eigenvalue weighted by molar-refractivity contribution is 0.0776. The standard InChI is InChI=1S/C11H19N3OS/c1-5-14(6-2)10(15)9-8(7(3)4)13-11(12)16-9/h7H,5-6H2,1-4H3,(H2,12,13). The number of amides is 1. The van der Waals surface area contributed by atoms with Crippen LogP contribution in [0.3, 0.4) is 0 Å². The molecule has 1 aromatic heterocycles. The van der Waals surface area contributed by atoms with E-state index >= 15 is 0 Å². The molecule has 0 atom stereocenters. The van der Waals surface area contributed by atoms with E-state index in [0.29, 0.717) is 23.1 Å². The molecule has 0 aliphatic carbocycles. The summed E-state index contributed by atoms with van der Waals surface area (Å²) in [5.74, 6) is 0.269. The van der Waals surface area contributed by atoms with Gasteiger partial charge in [-0.15, -0.1) is 0 Å². The number of carbonyl (C=O) groups excluding carboxylic acids is 1. The molecule has 1 heterocycles. The molecule has 0 spiro atoms. The van der Waals surface area contributed by atoms with Gasteiger partial charge in [0.05, 0.1) is 5.69 Å². The Labute approximate surface area is 100 Å². The second-order valence-corrected chi connectivity index (χ2v) is 4.93. The van der Waals surface area contributed by atoms with Gasteiger partial charge in [0, 0.05) is 13.1 Å². The van der Waals surface area contributed by atoms with Gasteiger partial charge in [0.2, 0.25) is 0 Å². The van der Waals surface area contributed by atoms with E-state index in [-0.39, 0.29) is 11.8 Å². The van der Waals surface area contributed by atoms with Gasteiger partial charge in [-0.3, -0.25) is 4.79 Å². The largest absolute Gasteiger partial charge is 0.375 e. The van der Waals surface area contributed by atoms with Crippen LogP contribution < -0.4 is 5.73 Å². The van der Waals surface area contributed by atoms with Crippen molar-refractivity contribution in [2.75, 3.05) is 18.8 Å². The fourth-order valence-electron chi connectivity index (χ4n) is 1.55. The Hall–Kier alpha value is -1.10. The Morgan fingerprint density at radius 3 is 2.44 bits per heavy atom. The van der Waals surface area contributed by atoms with E-state index in [0.717, 1.165) is 5.69 Å². The van der Waals surface area contributed by atoms with Crippen LogP contribution >= 0.6 is 11.3 Å². The zero-order chi connectivity index (χ0) is 12.3. The summed E-state index contributed by atoms with van der Waals surface area (Å²) in [5.41, 5.74) is 6.49. The molecule has 0 aliphatic heterocycles. The maximum absolute atomic E-state index is 12.2. The van der Waals surface area contributed by atoms with Crippen molar-refractivity contribution in [3.63, 3.8) is 0 Å². The van der Waals surface area contributed by atoms with E-state index in [4.69, 9.17) is 5.73 Å². The number of rotatable bonds is 4. The quantitative estimate of drug-likeness (QED) is 0.880. The fourth-order valence-corrected chi connectivity index (χ4v) is 2.50. The summed E-state index contributed by atoms with van der Waals surface area (Å²) < 4.78 is 0. The van der Waals surface area contributed by atoms with Gasteiger partial charge >= 0.3 is 0 Å². The number of hydrogen-bond acceptors (Lipinski definition) is 4. The van der Waals surface area contributed by atoms with Gasteiger partial charge in [-0.25, -0.2) is 4.98 Å². The molecule has 0 saturated carbocycles. The van der Waals surface area contributed by atoms with Crippen molar-refractivity contribution in [2.45, 2.75) is 33.6 Å². The van der Waals surface area contributed by atoms with Crippen LogP contribution in [0.2, 0.25) is 0 Å². The Bertz CT molecular complexity index is 369. The minimum Gasteiger partial charge on any atom is -0.375 e. The minimum absolute atomic E-state index is 0.0444. The summed E-state index contributed by atoms with van der Waals surface area (Å²) in [6.45, 7) is 9.41. The summed E-state index contributed by atoms with van der Waals surface area (Å²) in [6, 6.07) is 0. The molecule has 90 valence electrons. The number of hydrogen-bond donors (Lipinski definition) is 1. The molecule has 0 radical (unpaired) electrons. The van der Waals surface area contributed by atoms with Gasteiger partial charge in [-0.05, 0) is 19.8 Å². The van der Waals surface area contributed by atoms with E-state index < -0.39 is 0 Å². The highest BCUT2D eigenvalue weighted by Crippen LogP contribution is 2.27. The van der Waals surface area contributed by atoms with Gasteiger partial charge < -0.3 is 10.6 Å². The summed E-state index contributed by atoms with van der Waals surface area (Å²) in [5, 5.41) is 0.471. The number of nitrogens with two attached hydrogens (primary N) is 1. The lowest BCUT2D eigenvalue weighted by Gasteiger charge is -2.18. The van der Waals surface area contributed by atoms with Gasteiger partial charge in [0.1, 0.15) is 4.88 Å². The number of anilines is 1. The van der Waals surface area contributed by atoms with Crippen LogP contribution in [-0.4, -0.2) is 28.9 Å². The second-order valence-electron chi connectivity index (χ2n) is 3.90. The van der Waals surface area contributed by atoms with Crippen LogP contribution in [-0.2, 0) is 0 Å². The topological polar surface area (TPSA) is 59.2 Å². The minimum atomic E-state index is 0.0444. The molecule has 0 bridgehead atoms. The van der Waals surface area contributed by atoms with Crippen LogP contribution in [0.4, 0.5) is 5.13 Å². The monoisotopic (exact) mass is 241 g/mol. The molecule has 16 heavy (non-hydrogen) atoms. The normalized spacial score (nSPS) is 10.8. The van der Waals surface area contributed by atoms with Gasteiger partial charge in [-0.1, -0.05) is 25.2 Å². The van der Waals surface area contributed by atoms with Crippen LogP contribution in [0.1, 0.15) is 49.0 Å². The van der Waals surface area contributed by atoms with E-state index in [9.17, 15) is 4.79 Å². The number of nitrogen functional groups attached to an aromatic ring is 1. The van der Waals surface area contributed by atoms with Crippen molar-refractivity contribution in [3.05, 3.63) is 10.6 Å². The zero-order valence-electron chi connectivity index (χ0n) is 10.3. The van der Waals surface area contributed by atoms with Crippen molar-refractivity contribution < 1.29 is 4.79 Å². The highest BCUT2D eigenvalue weighted by atomic mass is 32.1. The fraction of sp³-hybridized carbons (Fsp3) is 0.636. The van der Waals surface area contributed by atoms with E-state index in [1.807, 2.05) is 27.7 Å². The lowest BCUT2D eigenvalue weighted by atomic mass is 10.1. The molecule has 0 fully saturated rings. The van der Waals surface area contributed by atoms with Crippen LogP contribution in [0.15, 0.2) is 0 Å².